The summed E-state index contributed by atoms with van der Waals surface area (Å²) < 4.78 is 38.4. The minimum Gasteiger partial charge on any atom is -0.399 e. The topological polar surface area (TPSA) is 38.0 Å². The van der Waals surface area contributed by atoms with Crippen LogP contribution in [0.5, 0.6) is 0 Å². The largest absolute Gasteiger partial charge is 0.416 e. The van der Waals surface area contributed by atoms with E-state index in [4.69, 9.17) is 5.73 Å². The smallest absolute Gasteiger partial charge is 0.399 e. The Bertz CT molecular complexity index is 629. The first-order chi connectivity index (χ1) is 9.82. The van der Waals surface area contributed by atoms with Gasteiger partial charge in [0.05, 0.1) is 5.56 Å². The van der Waals surface area contributed by atoms with Gasteiger partial charge in [0.2, 0.25) is 0 Å². The van der Waals surface area contributed by atoms with Crippen molar-refractivity contribution in [2.45, 2.75) is 25.6 Å². The number of hydrogen-bond donors (Lipinski definition) is 2. The second-order valence-corrected chi connectivity index (χ2v) is 5.87. The lowest BCUT2D eigenvalue weighted by Gasteiger charge is -2.18. The molecule has 0 aliphatic carbocycles. The maximum absolute atomic E-state index is 12.8. The molecular weight excluding hydrogens is 368 g/mol. The quantitative estimate of drug-likeness (QED) is 0.725. The van der Waals surface area contributed by atoms with E-state index in [1.807, 2.05) is 18.4 Å². The van der Waals surface area contributed by atoms with Crippen molar-refractivity contribution in [2.24, 2.45) is 0 Å². The van der Waals surface area contributed by atoms with Crippen molar-refractivity contribution < 1.29 is 13.2 Å². The summed E-state index contributed by atoms with van der Waals surface area (Å²) in [5.74, 6) is 0. The normalized spacial score (nSPS) is 12.2. The lowest BCUT2D eigenvalue weighted by molar-refractivity contribution is -0.137. The van der Waals surface area contributed by atoms with Crippen LogP contribution in [0.4, 0.5) is 18.9 Å². The molecule has 0 saturated carbocycles. The molecule has 2 rings (SSSR count). The number of nitrogen functional groups attached to an aromatic ring is 1. The molecule has 0 aliphatic rings. The molecule has 1 atom stereocenters. The third-order valence-corrected chi connectivity index (χ3v) is 4.59. The van der Waals surface area contributed by atoms with Crippen LogP contribution >= 0.6 is 36.2 Å². The highest BCUT2D eigenvalue weighted by atomic mass is 35.5. The number of nitrogens with one attached hydrogen (secondary N) is 1. The molecule has 1 unspecified atom stereocenters. The van der Waals surface area contributed by atoms with E-state index in [1.165, 1.54) is 6.07 Å². The van der Waals surface area contributed by atoms with Crippen LogP contribution in [-0.4, -0.2) is 7.05 Å². The summed E-state index contributed by atoms with van der Waals surface area (Å²) in [6.07, 6.45) is -3.93. The molecule has 8 heteroatoms. The number of alkyl halides is 3. The van der Waals surface area contributed by atoms with Crippen molar-refractivity contribution >= 4 is 41.8 Å². The Balaban J connectivity index is 0.00000242. The molecule has 0 amide bonds. The molecule has 3 N–H and O–H groups in total. The number of thiophene rings is 1. The van der Waals surface area contributed by atoms with Gasteiger partial charge in [0.15, 0.2) is 0 Å². The van der Waals surface area contributed by atoms with Crippen LogP contribution in [0.1, 0.15) is 27.6 Å². The fourth-order valence-electron chi connectivity index (χ4n) is 2.25. The first-order valence-electron chi connectivity index (χ1n) is 6.49. The predicted octanol–water partition coefficient (Wildman–Crippen LogP) is 5.00. The van der Waals surface area contributed by atoms with Gasteiger partial charge in [-0.15, -0.1) is 36.2 Å². The Kier molecular flexibility index (Phi) is 8.41. The van der Waals surface area contributed by atoms with Crippen molar-refractivity contribution in [3.8, 4) is 0 Å². The molecule has 0 bridgehead atoms. The minimum absolute atomic E-state index is 0. The third-order valence-electron chi connectivity index (χ3n) is 3.46. The summed E-state index contributed by atoms with van der Waals surface area (Å²) >= 11 is 1.59. The van der Waals surface area contributed by atoms with E-state index in [2.05, 4.69) is 5.32 Å². The number of rotatable bonds is 4. The van der Waals surface area contributed by atoms with Crippen LogP contribution in [0, 0.1) is 6.92 Å². The molecule has 0 fully saturated rings. The van der Waals surface area contributed by atoms with Gasteiger partial charge in [0.1, 0.15) is 0 Å². The molecule has 0 radical (unpaired) electrons. The molecule has 23 heavy (non-hydrogen) atoms. The highest BCUT2D eigenvalue weighted by Gasteiger charge is 2.31. The number of aryl methyl sites for hydroxylation is 1. The second kappa shape index (κ2) is 8.78. The summed E-state index contributed by atoms with van der Waals surface area (Å²) in [5, 5.41) is 5.13. The van der Waals surface area contributed by atoms with Crippen LogP contribution in [0.3, 0.4) is 0 Å². The molecule has 1 heterocycles. The van der Waals surface area contributed by atoms with Crippen LogP contribution in [0.2, 0.25) is 0 Å². The van der Waals surface area contributed by atoms with E-state index in [-0.39, 0.29) is 30.9 Å². The molecule has 2 nitrogen and oxygen atoms in total. The van der Waals surface area contributed by atoms with E-state index in [0.717, 1.165) is 22.6 Å². The SMILES string of the molecule is CNC(Cc1cc(C(F)(F)F)ccc1N)c1sccc1C.Cl.Cl. The number of hydrogen-bond acceptors (Lipinski definition) is 3. The highest BCUT2D eigenvalue weighted by Crippen LogP contribution is 2.33. The van der Waals surface area contributed by atoms with Crippen molar-refractivity contribution in [1.82, 2.24) is 5.32 Å². The van der Waals surface area contributed by atoms with Crippen LogP contribution in [0.15, 0.2) is 29.6 Å². The van der Waals surface area contributed by atoms with Crippen molar-refractivity contribution in [2.75, 3.05) is 12.8 Å². The predicted molar refractivity (Wildman–Crippen MR) is 94.9 cm³/mol. The van der Waals surface area contributed by atoms with E-state index in [0.29, 0.717) is 17.7 Å². The zero-order valence-corrected chi connectivity index (χ0v) is 15.1. The first kappa shape index (κ1) is 22.1. The molecule has 1 aromatic heterocycles. The standard InChI is InChI=1S/C15H17F3N2S.2ClH/c1-9-5-6-21-14(9)13(20-2)8-10-7-11(15(16,17)18)3-4-12(10)19;;/h3-7,13,20H,8,19H2,1-2H3;2*1H. The Labute approximate surface area is 150 Å². The second-order valence-electron chi connectivity index (χ2n) is 4.92. The molecule has 2 aromatic rings. The summed E-state index contributed by atoms with van der Waals surface area (Å²) in [6, 6.07) is 5.44. The minimum atomic E-state index is -4.35. The molecule has 0 saturated heterocycles. The Morgan fingerprint density at radius 2 is 1.87 bits per heavy atom. The number of anilines is 1. The van der Waals surface area contributed by atoms with Gasteiger partial charge in [0.25, 0.3) is 0 Å². The molecule has 1 aromatic carbocycles. The van der Waals surface area contributed by atoms with E-state index in [9.17, 15) is 13.2 Å². The van der Waals surface area contributed by atoms with Crippen molar-refractivity contribution in [3.05, 3.63) is 51.2 Å². The van der Waals surface area contributed by atoms with E-state index < -0.39 is 11.7 Å². The fourth-order valence-corrected chi connectivity index (χ4v) is 3.28. The highest BCUT2D eigenvalue weighted by molar-refractivity contribution is 7.10. The third kappa shape index (κ3) is 5.28. The Morgan fingerprint density at radius 3 is 2.35 bits per heavy atom. The average Bonchev–Trinajstić information content (AvgIpc) is 2.82. The monoisotopic (exact) mass is 386 g/mol. The summed E-state index contributed by atoms with van der Waals surface area (Å²) in [5.41, 5.74) is 7.20. The Hall–Kier alpha value is -0.950. The number of likely N-dealkylation sites (N-methyl/N-ethyl adjacent to an activating group) is 1. The average molecular weight is 387 g/mol. The summed E-state index contributed by atoms with van der Waals surface area (Å²) in [6.45, 7) is 1.99. The number of benzene rings is 1. The molecular formula is C15H19Cl2F3N2S. The van der Waals surface area contributed by atoms with Gasteiger partial charge in [-0.05, 0) is 61.2 Å². The van der Waals surface area contributed by atoms with Gasteiger partial charge in [-0.2, -0.15) is 13.2 Å². The molecule has 0 aliphatic heterocycles. The van der Waals surface area contributed by atoms with Crippen LogP contribution in [0.25, 0.3) is 0 Å². The fraction of sp³-hybridized carbons (Fsp3) is 0.333. The van der Waals surface area contributed by atoms with Crippen molar-refractivity contribution in [1.29, 1.82) is 0 Å². The lowest BCUT2D eigenvalue weighted by Crippen LogP contribution is -2.19. The van der Waals surface area contributed by atoms with Gasteiger partial charge in [-0.25, -0.2) is 0 Å². The van der Waals surface area contributed by atoms with E-state index in [1.54, 1.807) is 18.4 Å². The van der Waals surface area contributed by atoms with Gasteiger partial charge in [-0.3, -0.25) is 0 Å². The first-order valence-corrected chi connectivity index (χ1v) is 7.37. The Morgan fingerprint density at radius 1 is 1.22 bits per heavy atom. The lowest BCUT2D eigenvalue weighted by atomic mass is 9.99. The zero-order valence-electron chi connectivity index (χ0n) is 12.6. The van der Waals surface area contributed by atoms with Gasteiger partial charge in [-0.1, -0.05) is 0 Å². The van der Waals surface area contributed by atoms with Gasteiger partial charge < -0.3 is 11.1 Å². The van der Waals surface area contributed by atoms with Gasteiger partial charge in [0, 0.05) is 16.6 Å². The molecule has 0 spiro atoms. The molecule has 130 valence electrons. The van der Waals surface area contributed by atoms with Gasteiger partial charge >= 0.3 is 6.18 Å². The summed E-state index contributed by atoms with van der Waals surface area (Å²) in [4.78, 5) is 1.12. The van der Waals surface area contributed by atoms with Crippen molar-refractivity contribution in [3.63, 3.8) is 0 Å². The number of halogens is 5. The summed E-state index contributed by atoms with van der Waals surface area (Å²) in [7, 11) is 1.80. The number of nitrogens with two attached hydrogens (primary N) is 1. The van der Waals surface area contributed by atoms with Crippen LogP contribution in [-0.2, 0) is 12.6 Å². The van der Waals surface area contributed by atoms with Crippen LogP contribution < -0.4 is 11.1 Å². The maximum Gasteiger partial charge on any atom is 0.416 e. The zero-order chi connectivity index (χ0) is 15.6. The maximum atomic E-state index is 12.8. The van der Waals surface area contributed by atoms with E-state index >= 15 is 0 Å².